The van der Waals surface area contributed by atoms with E-state index in [0.29, 0.717) is 43.4 Å². The summed E-state index contributed by atoms with van der Waals surface area (Å²) in [4.78, 5) is 41.9. The van der Waals surface area contributed by atoms with E-state index in [9.17, 15) is 19.7 Å². The van der Waals surface area contributed by atoms with E-state index in [-0.39, 0.29) is 23.9 Å². The van der Waals surface area contributed by atoms with E-state index < -0.39 is 11.0 Å². The lowest BCUT2D eigenvalue weighted by Gasteiger charge is -2.38. The Morgan fingerprint density at radius 2 is 1.37 bits per heavy atom. The SMILES string of the molecule is O=C1C[C@H](N2CCN(c3ccc([N+](=O)[O-])cc3)CC2)C(=O)N1c1ccc(Oc2ccccc2)cc1. The molecule has 0 aliphatic carbocycles. The van der Waals surface area contributed by atoms with Crippen LogP contribution in [0.1, 0.15) is 6.42 Å². The Hall–Kier alpha value is -4.24. The number of hydrogen-bond donors (Lipinski definition) is 0. The van der Waals surface area contributed by atoms with Crippen molar-refractivity contribution in [2.75, 3.05) is 36.0 Å². The van der Waals surface area contributed by atoms with Gasteiger partial charge < -0.3 is 9.64 Å². The normalized spacial score (nSPS) is 18.7. The number of carbonyl (C=O) groups excluding carboxylic acids is 2. The Labute approximate surface area is 202 Å². The van der Waals surface area contributed by atoms with Crippen LogP contribution in [0.4, 0.5) is 17.1 Å². The number of nitro groups is 1. The number of non-ortho nitro benzene ring substituents is 1. The number of carbonyl (C=O) groups is 2. The second-order valence-corrected chi connectivity index (χ2v) is 8.49. The van der Waals surface area contributed by atoms with Crippen molar-refractivity contribution in [1.82, 2.24) is 4.90 Å². The Morgan fingerprint density at radius 1 is 0.771 bits per heavy atom. The molecule has 9 nitrogen and oxygen atoms in total. The molecule has 2 aliphatic rings. The summed E-state index contributed by atoms with van der Waals surface area (Å²) >= 11 is 0. The van der Waals surface area contributed by atoms with Gasteiger partial charge in [-0.1, -0.05) is 18.2 Å². The molecule has 3 aromatic carbocycles. The lowest BCUT2D eigenvalue weighted by molar-refractivity contribution is -0.384. The fourth-order valence-electron chi connectivity index (χ4n) is 4.54. The van der Waals surface area contributed by atoms with Gasteiger partial charge in [0.1, 0.15) is 11.5 Å². The summed E-state index contributed by atoms with van der Waals surface area (Å²) in [6.07, 6.45) is 0.151. The molecule has 0 unspecified atom stereocenters. The highest BCUT2D eigenvalue weighted by Gasteiger charge is 2.43. The van der Waals surface area contributed by atoms with Gasteiger partial charge in [-0.3, -0.25) is 24.6 Å². The van der Waals surface area contributed by atoms with Crippen molar-refractivity contribution in [1.29, 1.82) is 0 Å². The molecule has 0 aromatic heterocycles. The summed E-state index contributed by atoms with van der Waals surface area (Å²) in [6, 6.07) is 22.3. The number of imide groups is 1. The maximum atomic E-state index is 13.2. The zero-order valence-electron chi connectivity index (χ0n) is 18.9. The van der Waals surface area contributed by atoms with Gasteiger partial charge in [0.15, 0.2) is 0 Å². The first-order valence-corrected chi connectivity index (χ1v) is 11.4. The number of para-hydroxylation sites is 1. The van der Waals surface area contributed by atoms with E-state index in [1.165, 1.54) is 17.0 Å². The molecule has 2 amide bonds. The second-order valence-electron chi connectivity index (χ2n) is 8.49. The van der Waals surface area contributed by atoms with Gasteiger partial charge in [0.05, 0.1) is 23.1 Å². The summed E-state index contributed by atoms with van der Waals surface area (Å²) in [5.41, 5.74) is 1.50. The number of rotatable bonds is 6. The van der Waals surface area contributed by atoms with Gasteiger partial charge in [-0.25, -0.2) is 4.90 Å². The van der Waals surface area contributed by atoms with Crippen LogP contribution in [0.3, 0.4) is 0 Å². The fraction of sp³-hybridized carbons (Fsp3) is 0.231. The van der Waals surface area contributed by atoms with Crippen LogP contribution in [0.25, 0.3) is 0 Å². The van der Waals surface area contributed by atoms with Gasteiger partial charge in [0, 0.05) is 44.0 Å². The number of piperazine rings is 1. The topological polar surface area (TPSA) is 96.2 Å². The molecule has 0 spiro atoms. The molecule has 2 fully saturated rings. The summed E-state index contributed by atoms with van der Waals surface area (Å²) in [6.45, 7) is 2.58. The molecule has 2 heterocycles. The zero-order valence-corrected chi connectivity index (χ0v) is 18.9. The Balaban J connectivity index is 1.21. The minimum Gasteiger partial charge on any atom is -0.457 e. The van der Waals surface area contributed by atoms with Crippen molar-refractivity contribution in [2.45, 2.75) is 12.5 Å². The average Bonchev–Trinajstić information content (AvgIpc) is 3.19. The predicted octanol–water partition coefficient (Wildman–Crippen LogP) is 3.84. The molecule has 2 saturated heterocycles. The second kappa shape index (κ2) is 9.55. The average molecular weight is 473 g/mol. The lowest BCUT2D eigenvalue weighted by Crippen LogP contribution is -2.52. The highest BCUT2D eigenvalue weighted by atomic mass is 16.6. The quantitative estimate of drug-likeness (QED) is 0.306. The van der Waals surface area contributed by atoms with Crippen LogP contribution in [0, 0.1) is 10.1 Å². The summed E-state index contributed by atoms with van der Waals surface area (Å²) in [7, 11) is 0. The fourth-order valence-corrected chi connectivity index (χ4v) is 4.54. The standard InChI is InChI=1S/C26H24N4O5/c31-25-18-24(28-16-14-27(15-17-28)19-6-8-21(9-7-19)30(33)34)26(32)29(25)20-10-12-23(13-11-20)35-22-4-2-1-3-5-22/h1-13,24H,14-18H2/t24-/m0/s1. The van der Waals surface area contributed by atoms with Crippen LogP contribution in [0.5, 0.6) is 11.5 Å². The molecular weight excluding hydrogens is 448 g/mol. The first-order chi connectivity index (χ1) is 17.0. The van der Waals surface area contributed by atoms with Crippen LogP contribution in [0.15, 0.2) is 78.9 Å². The molecule has 9 heteroatoms. The summed E-state index contributed by atoms with van der Waals surface area (Å²) < 4.78 is 5.80. The van der Waals surface area contributed by atoms with E-state index in [2.05, 4.69) is 9.80 Å². The molecule has 35 heavy (non-hydrogen) atoms. The van der Waals surface area contributed by atoms with Gasteiger partial charge in [-0.05, 0) is 48.5 Å². The van der Waals surface area contributed by atoms with Crippen LogP contribution < -0.4 is 14.5 Å². The van der Waals surface area contributed by atoms with Gasteiger partial charge in [0.2, 0.25) is 5.91 Å². The van der Waals surface area contributed by atoms with E-state index in [0.717, 1.165) is 5.69 Å². The monoisotopic (exact) mass is 472 g/mol. The number of ether oxygens (including phenoxy) is 1. The molecule has 5 rings (SSSR count). The molecule has 0 bridgehead atoms. The van der Waals surface area contributed by atoms with Gasteiger partial charge >= 0.3 is 0 Å². The molecule has 0 radical (unpaired) electrons. The summed E-state index contributed by atoms with van der Waals surface area (Å²) in [5.74, 6) is 0.907. The summed E-state index contributed by atoms with van der Waals surface area (Å²) in [5, 5.41) is 10.9. The zero-order chi connectivity index (χ0) is 24.4. The molecule has 0 saturated carbocycles. The highest BCUT2D eigenvalue weighted by molar-refractivity contribution is 6.22. The van der Waals surface area contributed by atoms with E-state index in [4.69, 9.17) is 4.74 Å². The molecule has 0 N–H and O–H groups in total. The third-order valence-corrected chi connectivity index (χ3v) is 6.38. The maximum Gasteiger partial charge on any atom is 0.269 e. The van der Waals surface area contributed by atoms with E-state index in [1.54, 1.807) is 36.4 Å². The lowest BCUT2D eigenvalue weighted by atomic mass is 10.1. The third-order valence-electron chi connectivity index (χ3n) is 6.38. The van der Waals surface area contributed by atoms with Crippen LogP contribution in [-0.2, 0) is 9.59 Å². The number of nitro benzene ring substituents is 1. The maximum absolute atomic E-state index is 13.2. The predicted molar refractivity (Wildman–Crippen MR) is 131 cm³/mol. The van der Waals surface area contributed by atoms with Crippen LogP contribution in [-0.4, -0.2) is 53.9 Å². The van der Waals surface area contributed by atoms with Gasteiger partial charge in [0.25, 0.3) is 11.6 Å². The number of hydrogen-bond acceptors (Lipinski definition) is 7. The van der Waals surface area contributed by atoms with Gasteiger partial charge in [-0.2, -0.15) is 0 Å². The largest absolute Gasteiger partial charge is 0.457 e. The van der Waals surface area contributed by atoms with Crippen molar-refractivity contribution in [2.24, 2.45) is 0 Å². The third kappa shape index (κ3) is 4.71. The van der Waals surface area contributed by atoms with Crippen LogP contribution in [0.2, 0.25) is 0 Å². The molecule has 2 aliphatic heterocycles. The van der Waals surface area contributed by atoms with E-state index >= 15 is 0 Å². The molecular formula is C26H24N4O5. The van der Waals surface area contributed by atoms with Crippen molar-refractivity contribution in [3.05, 3.63) is 89.0 Å². The minimum absolute atomic E-state index is 0.0576. The number of benzene rings is 3. The molecule has 1 atom stereocenters. The minimum atomic E-state index is -0.484. The molecule has 3 aromatic rings. The number of nitrogens with zero attached hydrogens (tertiary/aromatic N) is 4. The van der Waals surface area contributed by atoms with E-state index in [1.807, 2.05) is 30.3 Å². The highest BCUT2D eigenvalue weighted by Crippen LogP contribution is 2.30. The number of amides is 2. The first kappa shape index (κ1) is 22.5. The van der Waals surface area contributed by atoms with Gasteiger partial charge in [-0.15, -0.1) is 0 Å². The van der Waals surface area contributed by atoms with Crippen LogP contribution >= 0.6 is 0 Å². The Bertz CT molecular complexity index is 1220. The van der Waals surface area contributed by atoms with Crippen molar-refractivity contribution in [3.8, 4) is 11.5 Å². The van der Waals surface area contributed by atoms with Crippen molar-refractivity contribution in [3.63, 3.8) is 0 Å². The first-order valence-electron chi connectivity index (χ1n) is 11.4. The smallest absolute Gasteiger partial charge is 0.269 e. The number of anilines is 2. The Morgan fingerprint density at radius 3 is 2.00 bits per heavy atom. The molecule has 178 valence electrons. The van der Waals surface area contributed by atoms with Crippen molar-refractivity contribution >= 4 is 28.9 Å². The van der Waals surface area contributed by atoms with Crippen molar-refractivity contribution < 1.29 is 19.2 Å². The Kier molecular flexibility index (Phi) is 6.15.